The first-order valence-electron chi connectivity index (χ1n) is 5.43. The van der Waals surface area contributed by atoms with Crippen molar-refractivity contribution in [2.24, 2.45) is 5.73 Å². The molecule has 2 N–H and O–H groups in total. The fraction of sp³-hybridized carbons (Fsp3) is 0.500. The van der Waals surface area contributed by atoms with Crippen LogP contribution in [-0.4, -0.2) is 12.6 Å². The smallest absolute Gasteiger partial charge is 0.167 e. The lowest BCUT2D eigenvalue weighted by Crippen LogP contribution is -2.14. The quantitative estimate of drug-likeness (QED) is 0.761. The zero-order valence-electron chi connectivity index (χ0n) is 9.38. The Morgan fingerprint density at radius 3 is 2.69 bits per heavy atom. The van der Waals surface area contributed by atoms with Gasteiger partial charge in [-0.15, -0.1) is 0 Å². The average Bonchev–Trinajstić information content (AvgIpc) is 2.20. The van der Waals surface area contributed by atoms with E-state index in [0.29, 0.717) is 6.61 Å². The minimum atomic E-state index is -0.660. The SMILES string of the molecule is CC(N)CCCCOc1ccc(F)cc1F. The zero-order chi connectivity index (χ0) is 12.0. The van der Waals surface area contributed by atoms with E-state index in [1.807, 2.05) is 6.92 Å². The first-order chi connectivity index (χ1) is 7.59. The van der Waals surface area contributed by atoms with Gasteiger partial charge in [0.05, 0.1) is 6.61 Å². The Kier molecular flexibility index (Phi) is 5.19. The van der Waals surface area contributed by atoms with Crippen LogP contribution in [-0.2, 0) is 0 Å². The lowest BCUT2D eigenvalue weighted by molar-refractivity contribution is 0.288. The number of nitrogens with two attached hydrogens (primary N) is 1. The molecule has 0 saturated heterocycles. The second-order valence-corrected chi connectivity index (χ2v) is 3.90. The van der Waals surface area contributed by atoms with Gasteiger partial charge < -0.3 is 10.5 Å². The Bertz CT molecular complexity index is 329. The highest BCUT2D eigenvalue weighted by Crippen LogP contribution is 2.17. The van der Waals surface area contributed by atoms with E-state index in [1.165, 1.54) is 12.1 Å². The van der Waals surface area contributed by atoms with Gasteiger partial charge in [0, 0.05) is 12.1 Å². The van der Waals surface area contributed by atoms with Crippen molar-refractivity contribution < 1.29 is 13.5 Å². The Morgan fingerprint density at radius 2 is 2.06 bits per heavy atom. The van der Waals surface area contributed by atoms with Gasteiger partial charge in [-0.25, -0.2) is 8.78 Å². The minimum absolute atomic E-state index is 0.0993. The van der Waals surface area contributed by atoms with Crippen molar-refractivity contribution in [3.05, 3.63) is 29.8 Å². The van der Waals surface area contributed by atoms with Crippen molar-refractivity contribution in [3.8, 4) is 5.75 Å². The molecule has 1 atom stereocenters. The third kappa shape index (κ3) is 4.57. The van der Waals surface area contributed by atoms with Crippen LogP contribution < -0.4 is 10.5 Å². The molecule has 2 nitrogen and oxygen atoms in total. The second-order valence-electron chi connectivity index (χ2n) is 3.90. The lowest BCUT2D eigenvalue weighted by Gasteiger charge is -2.08. The summed E-state index contributed by atoms with van der Waals surface area (Å²) in [6.45, 7) is 2.37. The highest BCUT2D eigenvalue weighted by atomic mass is 19.1. The number of hydrogen-bond acceptors (Lipinski definition) is 2. The van der Waals surface area contributed by atoms with E-state index >= 15 is 0 Å². The normalized spacial score (nSPS) is 12.5. The van der Waals surface area contributed by atoms with E-state index in [0.717, 1.165) is 25.3 Å². The van der Waals surface area contributed by atoms with Crippen molar-refractivity contribution in [2.45, 2.75) is 32.2 Å². The maximum Gasteiger partial charge on any atom is 0.167 e. The molecule has 90 valence electrons. The molecule has 0 spiro atoms. The largest absolute Gasteiger partial charge is 0.491 e. The molecule has 1 rings (SSSR count). The third-order valence-corrected chi connectivity index (χ3v) is 2.21. The van der Waals surface area contributed by atoms with Gasteiger partial charge in [-0.05, 0) is 38.3 Å². The molecule has 16 heavy (non-hydrogen) atoms. The van der Waals surface area contributed by atoms with Gasteiger partial charge in [-0.2, -0.15) is 0 Å². The summed E-state index contributed by atoms with van der Waals surface area (Å²) < 4.78 is 30.9. The molecule has 1 unspecified atom stereocenters. The van der Waals surface area contributed by atoms with Crippen LogP contribution in [0.1, 0.15) is 26.2 Å². The van der Waals surface area contributed by atoms with Gasteiger partial charge in [-0.1, -0.05) is 0 Å². The van der Waals surface area contributed by atoms with Gasteiger partial charge >= 0.3 is 0 Å². The molecule has 0 fully saturated rings. The summed E-state index contributed by atoms with van der Waals surface area (Å²) in [6, 6.07) is 3.48. The predicted molar refractivity (Wildman–Crippen MR) is 59.4 cm³/mol. The van der Waals surface area contributed by atoms with Crippen molar-refractivity contribution in [1.29, 1.82) is 0 Å². The van der Waals surface area contributed by atoms with Gasteiger partial charge in [0.25, 0.3) is 0 Å². The summed E-state index contributed by atoms with van der Waals surface area (Å²) in [4.78, 5) is 0. The van der Waals surface area contributed by atoms with E-state index in [-0.39, 0.29) is 11.8 Å². The summed E-state index contributed by atoms with van der Waals surface area (Å²) in [5, 5.41) is 0. The molecular formula is C12H17F2NO. The summed E-state index contributed by atoms with van der Waals surface area (Å²) in [7, 11) is 0. The fourth-order valence-electron chi connectivity index (χ4n) is 1.34. The predicted octanol–water partition coefficient (Wildman–Crippen LogP) is 2.86. The Labute approximate surface area is 94.4 Å². The van der Waals surface area contributed by atoms with Gasteiger partial charge in [0.15, 0.2) is 11.6 Å². The number of hydrogen-bond donors (Lipinski definition) is 1. The highest BCUT2D eigenvalue weighted by molar-refractivity contribution is 5.24. The van der Waals surface area contributed by atoms with Crippen LogP contribution in [0.3, 0.4) is 0 Å². The molecule has 4 heteroatoms. The van der Waals surface area contributed by atoms with Crippen molar-refractivity contribution in [3.63, 3.8) is 0 Å². The monoisotopic (exact) mass is 229 g/mol. The Balaban J connectivity index is 2.27. The van der Waals surface area contributed by atoms with Crippen LogP contribution in [0.4, 0.5) is 8.78 Å². The molecule has 0 radical (unpaired) electrons. The highest BCUT2D eigenvalue weighted by Gasteiger charge is 2.04. The maximum atomic E-state index is 13.1. The number of halogens is 2. The summed E-state index contributed by atoms with van der Waals surface area (Å²) >= 11 is 0. The fourth-order valence-corrected chi connectivity index (χ4v) is 1.34. The first kappa shape index (κ1) is 12.9. The lowest BCUT2D eigenvalue weighted by atomic mass is 10.1. The van der Waals surface area contributed by atoms with E-state index < -0.39 is 11.6 Å². The molecule has 0 aliphatic rings. The topological polar surface area (TPSA) is 35.2 Å². The van der Waals surface area contributed by atoms with Crippen LogP contribution in [0.5, 0.6) is 5.75 Å². The van der Waals surface area contributed by atoms with Crippen LogP contribution in [0, 0.1) is 11.6 Å². The first-order valence-corrected chi connectivity index (χ1v) is 5.43. The molecular weight excluding hydrogens is 212 g/mol. The summed E-state index contributed by atoms with van der Waals surface area (Å²) in [6.07, 6.45) is 2.69. The molecule has 1 aromatic carbocycles. The van der Waals surface area contributed by atoms with Crippen LogP contribution in [0.2, 0.25) is 0 Å². The van der Waals surface area contributed by atoms with E-state index in [1.54, 1.807) is 0 Å². The molecule has 0 saturated carbocycles. The van der Waals surface area contributed by atoms with Crippen LogP contribution in [0.25, 0.3) is 0 Å². The summed E-state index contributed by atoms with van der Waals surface area (Å²) in [5.74, 6) is -1.16. The zero-order valence-corrected chi connectivity index (χ0v) is 9.38. The average molecular weight is 229 g/mol. The Hall–Kier alpha value is -1.16. The number of unbranched alkanes of at least 4 members (excludes halogenated alkanes) is 1. The maximum absolute atomic E-state index is 13.1. The molecule has 0 aromatic heterocycles. The molecule has 0 aliphatic heterocycles. The number of rotatable bonds is 6. The molecule has 0 bridgehead atoms. The van der Waals surface area contributed by atoms with Crippen molar-refractivity contribution in [2.75, 3.05) is 6.61 Å². The van der Waals surface area contributed by atoms with E-state index in [4.69, 9.17) is 10.5 Å². The van der Waals surface area contributed by atoms with Gasteiger partial charge in [0.1, 0.15) is 5.82 Å². The van der Waals surface area contributed by atoms with Gasteiger partial charge in [-0.3, -0.25) is 0 Å². The number of ether oxygens (including phenoxy) is 1. The van der Waals surface area contributed by atoms with Gasteiger partial charge in [0.2, 0.25) is 0 Å². The van der Waals surface area contributed by atoms with Crippen molar-refractivity contribution >= 4 is 0 Å². The second kappa shape index (κ2) is 6.43. The minimum Gasteiger partial charge on any atom is -0.491 e. The van der Waals surface area contributed by atoms with Crippen LogP contribution in [0.15, 0.2) is 18.2 Å². The third-order valence-electron chi connectivity index (χ3n) is 2.21. The molecule has 0 aliphatic carbocycles. The Morgan fingerprint density at radius 1 is 1.31 bits per heavy atom. The molecule has 0 amide bonds. The van der Waals surface area contributed by atoms with E-state index in [9.17, 15) is 8.78 Å². The summed E-state index contributed by atoms with van der Waals surface area (Å²) in [5.41, 5.74) is 5.58. The molecule has 1 aromatic rings. The number of benzene rings is 1. The van der Waals surface area contributed by atoms with Crippen molar-refractivity contribution in [1.82, 2.24) is 0 Å². The standard InChI is InChI=1S/C12H17F2NO/c1-9(15)4-2-3-7-16-12-6-5-10(13)8-11(12)14/h5-6,8-9H,2-4,7,15H2,1H3. The van der Waals surface area contributed by atoms with Crippen LogP contribution >= 0.6 is 0 Å². The molecule has 0 heterocycles. The van der Waals surface area contributed by atoms with E-state index in [2.05, 4.69) is 0 Å².